The van der Waals surface area contributed by atoms with Gasteiger partial charge in [-0.2, -0.15) is 0 Å². The topological polar surface area (TPSA) is 39.2 Å². The molecule has 19 heavy (non-hydrogen) atoms. The highest BCUT2D eigenvalue weighted by atomic mass is 35.5. The summed E-state index contributed by atoms with van der Waals surface area (Å²) in [7, 11) is 0. The van der Waals surface area contributed by atoms with Crippen molar-refractivity contribution in [3.8, 4) is 0 Å². The summed E-state index contributed by atoms with van der Waals surface area (Å²) in [6, 6.07) is 7.78. The largest absolute Gasteiger partial charge is 0.459 e. The van der Waals surface area contributed by atoms with E-state index in [0.29, 0.717) is 5.92 Å². The second-order valence-electron chi connectivity index (χ2n) is 5.61. The van der Waals surface area contributed by atoms with Gasteiger partial charge in [0.25, 0.3) is 0 Å². The number of furan rings is 1. The van der Waals surface area contributed by atoms with E-state index < -0.39 is 0 Å². The number of benzene rings is 1. The first-order valence-corrected chi connectivity index (χ1v) is 7.56. The van der Waals surface area contributed by atoms with Crippen molar-refractivity contribution < 1.29 is 4.42 Å². The van der Waals surface area contributed by atoms with Crippen molar-refractivity contribution in [3.63, 3.8) is 0 Å². The summed E-state index contributed by atoms with van der Waals surface area (Å²) >= 11 is 6.00. The van der Waals surface area contributed by atoms with Crippen molar-refractivity contribution in [3.05, 3.63) is 35.0 Å². The Morgan fingerprint density at radius 1 is 1.11 bits per heavy atom. The number of rotatable bonds is 2. The molecule has 2 N–H and O–H groups in total. The van der Waals surface area contributed by atoms with Crippen LogP contribution in [-0.4, -0.2) is 0 Å². The van der Waals surface area contributed by atoms with Crippen LogP contribution in [0.15, 0.2) is 28.7 Å². The number of hydrogen-bond donors (Lipinski definition) is 1. The number of halogens is 1. The van der Waals surface area contributed by atoms with Crippen molar-refractivity contribution >= 4 is 22.6 Å². The van der Waals surface area contributed by atoms with E-state index in [9.17, 15) is 0 Å². The lowest BCUT2D eigenvalue weighted by Gasteiger charge is -2.20. The van der Waals surface area contributed by atoms with E-state index in [1.807, 2.05) is 18.2 Å². The van der Waals surface area contributed by atoms with Gasteiger partial charge in [-0.05, 0) is 43.0 Å². The average molecular weight is 278 g/mol. The lowest BCUT2D eigenvalue weighted by atomic mass is 9.91. The third-order valence-corrected chi connectivity index (χ3v) is 4.47. The highest BCUT2D eigenvalue weighted by Crippen LogP contribution is 2.34. The van der Waals surface area contributed by atoms with Crippen LogP contribution in [0.3, 0.4) is 0 Å². The fraction of sp³-hybridized carbons (Fsp3) is 0.500. The van der Waals surface area contributed by atoms with Gasteiger partial charge in [-0.25, -0.2) is 0 Å². The standard InChI is InChI=1S/C16H20ClNO/c17-13-7-8-14-12(9-13)10-15(19-14)16(18)11-5-3-1-2-4-6-11/h7-11,16H,1-6,18H2. The molecule has 1 aliphatic rings. The summed E-state index contributed by atoms with van der Waals surface area (Å²) < 4.78 is 5.90. The normalized spacial score (nSPS) is 19.5. The maximum absolute atomic E-state index is 6.41. The van der Waals surface area contributed by atoms with Gasteiger partial charge in [-0.15, -0.1) is 0 Å². The van der Waals surface area contributed by atoms with Gasteiger partial charge < -0.3 is 10.2 Å². The number of nitrogens with two attached hydrogens (primary N) is 1. The zero-order valence-electron chi connectivity index (χ0n) is 11.1. The number of hydrogen-bond acceptors (Lipinski definition) is 2. The summed E-state index contributed by atoms with van der Waals surface area (Å²) in [5.74, 6) is 1.46. The third kappa shape index (κ3) is 2.80. The summed E-state index contributed by atoms with van der Waals surface area (Å²) in [6.45, 7) is 0. The molecular weight excluding hydrogens is 258 g/mol. The van der Waals surface area contributed by atoms with Crippen LogP contribution in [0.5, 0.6) is 0 Å². The van der Waals surface area contributed by atoms with E-state index in [1.165, 1.54) is 38.5 Å². The van der Waals surface area contributed by atoms with Crippen LogP contribution in [0.25, 0.3) is 11.0 Å². The summed E-state index contributed by atoms with van der Waals surface area (Å²) in [5, 5.41) is 1.79. The Morgan fingerprint density at radius 2 is 1.84 bits per heavy atom. The van der Waals surface area contributed by atoms with Crippen LogP contribution in [0.4, 0.5) is 0 Å². The second-order valence-corrected chi connectivity index (χ2v) is 6.04. The maximum Gasteiger partial charge on any atom is 0.134 e. The molecule has 2 aromatic rings. The lowest BCUT2D eigenvalue weighted by molar-refractivity contribution is 0.339. The first-order chi connectivity index (χ1) is 9.24. The zero-order valence-corrected chi connectivity index (χ0v) is 11.8. The van der Waals surface area contributed by atoms with E-state index in [-0.39, 0.29) is 6.04 Å². The van der Waals surface area contributed by atoms with E-state index in [0.717, 1.165) is 21.8 Å². The Labute approximate surface area is 118 Å². The molecule has 1 aromatic carbocycles. The van der Waals surface area contributed by atoms with E-state index in [1.54, 1.807) is 0 Å². The minimum absolute atomic E-state index is 0.0178. The van der Waals surface area contributed by atoms with Gasteiger partial charge in [0, 0.05) is 10.4 Å². The van der Waals surface area contributed by atoms with E-state index >= 15 is 0 Å². The summed E-state index contributed by atoms with van der Waals surface area (Å²) in [6.07, 6.45) is 7.73. The van der Waals surface area contributed by atoms with Gasteiger partial charge in [-0.1, -0.05) is 37.3 Å². The molecule has 3 heteroatoms. The maximum atomic E-state index is 6.41. The van der Waals surface area contributed by atoms with Crippen LogP contribution < -0.4 is 5.73 Å². The Morgan fingerprint density at radius 3 is 2.58 bits per heavy atom. The molecule has 2 nitrogen and oxygen atoms in total. The van der Waals surface area contributed by atoms with Gasteiger partial charge in [0.05, 0.1) is 6.04 Å². The van der Waals surface area contributed by atoms with Gasteiger partial charge >= 0.3 is 0 Å². The predicted octanol–water partition coefficient (Wildman–Crippen LogP) is 5.06. The molecular formula is C16H20ClNO. The third-order valence-electron chi connectivity index (χ3n) is 4.23. The lowest BCUT2D eigenvalue weighted by Crippen LogP contribution is -2.20. The second kappa shape index (κ2) is 5.56. The smallest absolute Gasteiger partial charge is 0.134 e. The number of fused-ring (bicyclic) bond motifs is 1. The Kier molecular flexibility index (Phi) is 3.81. The molecule has 0 aliphatic heterocycles. The van der Waals surface area contributed by atoms with E-state index in [4.69, 9.17) is 21.8 Å². The molecule has 1 aliphatic carbocycles. The van der Waals surface area contributed by atoms with Crippen LogP contribution >= 0.6 is 11.6 Å². The van der Waals surface area contributed by atoms with Crippen molar-refractivity contribution in [1.29, 1.82) is 0 Å². The quantitative estimate of drug-likeness (QED) is 0.780. The molecule has 1 saturated carbocycles. The fourth-order valence-corrected chi connectivity index (χ4v) is 3.28. The molecule has 0 spiro atoms. The summed E-state index contributed by atoms with van der Waals surface area (Å²) in [5.41, 5.74) is 7.29. The highest BCUT2D eigenvalue weighted by Gasteiger charge is 2.23. The molecule has 1 heterocycles. The fourth-order valence-electron chi connectivity index (χ4n) is 3.10. The van der Waals surface area contributed by atoms with Crippen molar-refractivity contribution in [1.82, 2.24) is 0 Å². The average Bonchev–Trinajstić information content (AvgIpc) is 2.64. The predicted molar refractivity (Wildman–Crippen MR) is 79.3 cm³/mol. The van der Waals surface area contributed by atoms with Crippen LogP contribution in [0.2, 0.25) is 5.02 Å². The molecule has 0 radical (unpaired) electrons. The van der Waals surface area contributed by atoms with Crippen LogP contribution in [-0.2, 0) is 0 Å². The van der Waals surface area contributed by atoms with Crippen LogP contribution in [0.1, 0.15) is 50.3 Å². The first-order valence-electron chi connectivity index (χ1n) is 7.18. The minimum Gasteiger partial charge on any atom is -0.459 e. The van der Waals surface area contributed by atoms with E-state index in [2.05, 4.69) is 6.07 Å². The zero-order chi connectivity index (χ0) is 13.2. The molecule has 0 saturated heterocycles. The van der Waals surface area contributed by atoms with Gasteiger partial charge in [0.1, 0.15) is 11.3 Å². The minimum atomic E-state index is 0.0178. The Balaban J connectivity index is 1.85. The van der Waals surface area contributed by atoms with Crippen LogP contribution in [0, 0.1) is 5.92 Å². The molecule has 0 bridgehead atoms. The summed E-state index contributed by atoms with van der Waals surface area (Å²) in [4.78, 5) is 0. The molecule has 102 valence electrons. The van der Waals surface area contributed by atoms with Gasteiger partial charge in [-0.3, -0.25) is 0 Å². The van der Waals surface area contributed by atoms with Crippen molar-refractivity contribution in [2.24, 2.45) is 11.7 Å². The molecule has 1 atom stereocenters. The molecule has 1 aromatic heterocycles. The Hall–Kier alpha value is -0.990. The SMILES string of the molecule is NC(c1cc2cc(Cl)ccc2o1)C1CCCCCC1. The van der Waals surface area contributed by atoms with Gasteiger partial charge in [0.2, 0.25) is 0 Å². The first kappa shape index (κ1) is 13.0. The van der Waals surface area contributed by atoms with Crippen molar-refractivity contribution in [2.45, 2.75) is 44.6 Å². The Bertz CT molecular complexity index is 555. The monoisotopic (exact) mass is 277 g/mol. The molecule has 1 unspecified atom stereocenters. The molecule has 0 amide bonds. The van der Waals surface area contributed by atoms with Gasteiger partial charge in [0.15, 0.2) is 0 Å². The van der Waals surface area contributed by atoms with Crippen molar-refractivity contribution in [2.75, 3.05) is 0 Å². The molecule has 1 fully saturated rings. The highest BCUT2D eigenvalue weighted by molar-refractivity contribution is 6.31. The molecule has 3 rings (SSSR count).